The summed E-state index contributed by atoms with van der Waals surface area (Å²) in [5, 5.41) is 2.38. The first-order valence-electron chi connectivity index (χ1n) is 7.73. The molecule has 1 aromatic heterocycles. The summed E-state index contributed by atoms with van der Waals surface area (Å²) >= 11 is 12.4. The van der Waals surface area contributed by atoms with E-state index in [9.17, 15) is 0 Å². The molecule has 0 bridgehead atoms. The lowest BCUT2D eigenvalue weighted by Gasteiger charge is -2.34. The van der Waals surface area contributed by atoms with Crippen LogP contribution in [0.3, 0.4) is 0 Å². The number of fused-ring (bicyclic) bond motifs is 1. The number of anilines is 1. The number of hydrogen-bond donors (Lipinski definition) is 0. The molecule has 1 atom stereocenters. The number of ether oxygens (including phenoxy) is 1. The summed E-state index contributed by atoms with van der Waals surface area (Å²) in [4.78, 5) is 11.0. The van der Waals surface area contributed by atoms with Crippen molar-refractivity contribution in [2.45, 2.75) is 6.10 Å². The quantitative estimate of drug-likeness (QED) is 0.674. The molecule has 0 amide bonds. The van der Waals surface area contributed by atoms with Crippen LogP contribution in [-0.4, -0.2) is 29.7 Å². The van der Waals surface area contributed by atoms with E-state index in [0.29, 0.717) is 18.2 Å². The van der Waals surface area contributed by atoms with Crippen LogP contribution in [0.5, 0.6) is 0 Å². The summed E-state index contributed by atoms with van der Waals surface area (Å²) in [5.74, 6) is 0.900. The van der Waals surface area contributed by atoms with Gasteiger partial charge in [0.2, 0.25) is 0 Å². The maximum absolute atomic E-state index is 6.32. The fraction of sp³-hybridized carbons (Fsp3) is 0.222. The standard InChI is InChI=1S/C18H15Cl2N3O/c19-12-5-6-14-16(9-12)21-11-22-18(14)23-7-8-24-17(10-23)13-3-1-2-4-15(13)20/h1-6,9,11,17H,7-8,10H2. The summed E-state index contributed by atoms with van der Waals surface area (Å²) in [6.45, 7) is 2.09. The Labute approximate surface area is 150 Å². The Morgan fingerprint density at radius 1 is 1.08 bits per heavy atom. The number of halogens is 2. The predicted molar refractivity (Wildman–Crippen MR) is 96.9 cm³/mol. The van der Waals surface area contributed by atoms with E-state index >= 15 is 0 Å². The van der Waals surface area contributed by atoms with Gasteiger partial charge in [-0.05, 0) is 24.3 Å². The molecule has 122 valence electrons. The minimum atomic E-state index is -0.0789. The third-order valence-corrected chi connectivity index (χ3v) is 4.77. The second-order valence-corrected chi connectivity index (χ2v) is 6.53. The molecule has 0 saturated carbocycles. The molecule has 4 rings (SSSR count). The lowest BCUT2D eigenvalue weighted by molar-refractivity contribution is 0.0397. The van der Waals surface area contributed by atoms with Crippen LogP contribution in [0, 0.1) is 0 Å². The Balaban J connectivity index is 1.69. The second-order valence-electron chi connectivity index (χ2n) is 5.69. The van der Waals surface area contributed by atoms with Crippen LogP contribution < -0.4 is 4.90 Å². The van der Waals surface area contributed by atoms with Gasteiger partial charge in [0.25, 0.3) is 0 Å². The fourth-order valence-electron chi connectivity index (χ4n) is 3.03. The molecular formula is C18H15Cl2N3O. The van der Waals surface area contributed by atoms with Crippen molar-refractivity contribution in [3.63, 3.8) is 0 Å². The molecule has 1 aliphatic rings. The van der Waals surface area contributed by atoms with Crippen molar-refractivity contribution in [1.29, 1.82) is 0 Å². The zero-order chi connectivity index (χ0) is 16.5. The number of aromatic nitrogens is 2. The maximum Gasteiger partial charge on any atom is 0.140 e. The van der Waals surface area contributed by atoms with Crippen LogP contribution in [0.1, 0.15) is 11.7 Å². The molecule has 6 heteroatoms. The van der Waals surface area contributed by atoms with Crippen LogP contribution in [0.4, 0.5) is 5.82 Å². The highest BCUT2D eigenvalue weighted by atomic mass is 35.5. The number of benzene rings is 2. The molecule has 0 radical (unpaired) electrons. The van der Waals surface area contributed by atoms with Gasteiger partial charge in [-0.3, -0.25) is 0 Å². The Bertz CT molecular complexity index is 887. The molecule has 2 aromatic carbocycles. The van der Waals surface area contributed by atoms with E-state index in [1.807, 2.05) is 42.5 Å². The molecule has 24 heavy (non-hydrogen) atoms. The molecule has 2 heterocycles. The first-order valence-corrected chi connectivity index (χ1v) is 8.49. The predicted octanol–water partition coefficient (Wildman–Crippen LogP) is 4.51. The summed E-state index contributed by atoms with van der Waals surface area (Å²) in [7, 11) is 0. The second kappa shape index (κ2) is 6.55. The van der Waals surface area contributed by atoms with Crippen LogP contribution in [0.15, 0.2) is 48.8 Å². The zero-order valence-corrected chi connectivity index (χ0v) is 14.3. The number of morpholine rings is 1. The minimum Gasteiger partial charge on any atom is -0.370 e. The molecule has 1 saturated heterocycles. The van der Waals surface area contributed by atoms with Gasteiger partial charge < -0.3 is 9.64 Å². The lowest BCUT2D eigenvalue weighted by Crippen LogP contribution is -2.39. The molecule has 1 fully saturated rings. The van der Waals surface area contributed by atoms with Gasteiger partial charge in [-0.25, -0.2) is 9.97 Å². The first kappa shape index (κ1) is 15.6. The van der Waals surface area contributed by atoms with Gasteiger partial charge >= 0.3 is 0 Å². The third kappa shape index (κ3) is 2.93. The van der Waals surface area contributed by atoms with Gasteiger partial charge in [0.05, 0.1) is 12.1 Å². The largest absolute Gasteiger partial charge is 0.370 e. The van der Waals surface area contributed by atoms with Crippen molar-refractivity contribution in [3.05, 3.63) is 64.4 Å². The molecule has 1 aliphatic heterocycles. The van der Waals surface area contributed by atoms with Crippen LogP contribution in [0.25, 0.3) is 10.9 Å². The van der Waals surface area contributed by atoms with Crippen molar-refractivity contribution >= 4 is 39.9 Å². The van der Waals surface area contributed by atoms with Gasteiger partial charge in [0.1, 0.15) is 18.2 Å². The molecule has 0 spiro atoms. The summed E-state index contributed by atoms with van der Waals surface area (Å²) in [6.07, 6.45) is 1.50. The van der Waals surface area contributed by atoms with Gasteiger partial charge in [-0.15, -0.1) is 0 Å². The molecule has 4 nitrogen and oxygen atoms in total. The highest BCUT2D eigenvalue weighted by Crippen LogP contribution is 2.32. The van der Waals surface area contributed by atoms with E-state index in [1.165, 1.54) is 0 Å². The molecule has 0 aliphatic carbocycles. The Kier molecular flexibility index (Phi) is 4.27. The topological polar surface area (TPSA) is 38.2 Å². The molecule has 0 N–H and O–H groups in total. The van der Waals surface area contributed by atoms with Crippen molar-refractivity contribution in [2.75, 3.05) is 24.6 Å². The number of nitrogens with zero attached hydrogens (tertiary/aromatic N) is 3. The summed E-state index contributed by atoms with van der Waals surface area (Å²) in [6, 6.07) is 13.5. The Morgan fingerprint density at radius 3 is 2.83 bits per heavy atom. The van der Waals surface area contributed by atoms with Gasteiger partial charge in [0.15, 0.2) is 0 Å². The summed E-state index contributed by atoms with van der Waals surface area (Å²) < 4.78 is 5.94. The normalized spacial score (nSPS) is 18.1. The van der Waals surface area contributed by atoms with Crippen LogP contribution in [0.2, 0.25) is 10.0 Å². The van der Waals surface area contributed by atoms with Gasteiger partial charge in [0, 0.05) is 34.1 Å². The van der Waals surface area contributed by atoms with Gasteiger partial charge in [-0.1, -0.05) is 41.4 Å². The highest BCUT2D eigenvalue weighted by molar-refractivity contribution is 6.31. The van der Waals surface area contributed by atoms with Crippen LogP contribution in [-0.2, 0) is 4.74 Å². The monoisotopic (exact) mass is 359 g/mol. The highest BCUT2D eigenvalue weighted by Gasteiger charge is 2.25. The van der Waals surface area contributed by atoms with Crippen LogP contribution >= 0.6 is 23.2 Å². The fourth-order valence-corrected chi connectivity index (χ4v) is 3.46. The zero-order valence-electron chi connectivity index (χ0n) is 12.8. The van der Waals surface area contributed by atoms with E-state index in [1.54, 1.807) is 6.33 Å². The average molecular weight is 360 g/mol. The Morgan fingerprint density at radius 2 is 1.96 bits per heavy atom. The van der Waals surface area contributed by atoms with Gasteiger partial charge in [-0.2, -0.15) is 0 Å². The van der Waals surface area contributed by atoms with Crippen molar-refractivity contribution in [2.24, 2.45) is 0 Å². The minimum absolute atomic E-state index is 0.0789. The molecular weight excluding hydrogens is 345 g/mol. The first-order chi connectivity index (χ1) is 11.7. The molecule has 3 aromatic rings. The smallest absolute Gasteiger partial charge is 0.140 e. The van der Waals surface area contributed by atoms with E-state index in [2.05, 4.69) is 14.9 Å². The lowest BCUT2D eigenvalue weighted by atomic mass is 10.1. The SMILES string of the molecule is Clc1ccc2c(N3CCOC(c4ccccc4Cl)C3)ncnc2c1. The van der Waals surface area contributed by atoms with Crippen molar-refractivity contribution in [1.82, 2.24) is 9.97 Å². The third-order valence-electron chi connectivity index (χ3n) is 4.20. The summed E-state index contributed by atoms with van der Waals surface area (Å²) in [5.41, 5.74) is 1.85. The van der Waals surface area contributed by atoms with Crippen molar-refractivity contribution < 1.29 is 4.74 Å². The molecule has 1 unspecified atom stereocenters. The number of hydrogen-bond acceptors (Lipinski definition) is 4. The number of rotatable bonds is 2. The van der Waals surface area contributed by atoms with Crippen molar-refractivity contribution in [3.8, 4) is 0 Å². The van der Waals surface area contributed by atoms with E-state index in [4.69, 9.17) is 27.9 Å². The average Bonchev–Trinajstić information content (AvgIpc) is 2.61. The maximum atomic E-state index is 6.32. The van der Waals surface area contributed by atoms with E-state index < -0.39 is 0 Å². The van der Waals surface area contributed by atoms with E-state index in [0.717, 1.165) is 33.9 Å². The van der Waals surface area contributed by atoms with E-state index in [-0.39, 0.29) is 6.10 Å². The Hall–Kier alpha value is -1.88.